The highest BCUT2D eigenvalue weighted by atomic mass is 16.5. The van der Waals surface area contributed by atoms with Gasteiger partial charge in [-0.15, -0.1) is 0 Å². The van der Waals surface area contributed by atoms with E-state index in [1.165, 1.54) is 0 Å². The molecule has 0 bridgehead atoms. The van der Waals surface area contributed by atoms with Gasteiger partial charge in [0.2, 0.25) is 0 Å². The number of hydrogen-bond donors (Lipinski definition) is 3. The van der Waals surface area contributed by atoms with Crippen molar-refractivity contribution in [2.24, 2.45) is 11.8 Å². The second-order valence-corrected chi connectivity index (χ2v) is 5.86. The normalized spacial score (nSPS) is 22.5. The van der Waals surface area contributed by atoms with Gasteiger partial charge in [0.05, 0.1) is 12.5 Å². The van der Waals surface area contributed by atoms with Gasteiger partial charge in [-0.2, -0.15) is 0 Å². The van der Waals surface area contributed by atoms with E-state index >= 15 is 0 Å². The molecule has 2 amide bonds. The summed E-state index contributed by atoms with van der Waals surface area (Å²) in [5, 5.41) is 14.5. The van der Waals surface area contributed by atoms with E-state index in [4.69, 9.17) is 9.84 Å². The molecule has 1 unspecified atom stereocenters. The lowest BCUT2D eigenvalue weighted by molar-refractivity contribution is -0.144. The minimum atomic E-state index is -0.754. The summed E-state index contributed by atoms with van der Waals surface area (Å²) in [4.78, 5) is 33.9. The van der Waals surface area contributed by atoms with Gasteiger partial charge < -0.3 is 20.5 Å². The quantitative estimate of drug-likeness (QED) is 0.618. The summed E-state index contributed by atoms with van der Waals surface area (Å²) in [6, 6.07) is -0.245. The van der Waals surface area contributed by atoms with Crippen LogP contribution in [0.1, 0.15) is 46.0 Å². The first-order valence-corrected chi connectivity index (χ1v) is 7.85. The van der Waals surface area contributed by atoms with E-state index in [-0.39, 0.29) is 36.3 Å². The predicted molar refractivity (Wildman–Crippen MR) is 80.3 cm³/mol. The summed E-state index contributed by atoms with van der Waals surface area (Å²) in [5.74, 6) is -1.29. The molecule has 0 aromatic heterocycles. The lowest BCUT2D eigenvalue weighted by atomic mass is 9.86. The van der Waals surface area contributed by atoms with Crippen LogP contribution < -0.4 is 10.6 Å². The minimum Gasteiger partial charge on any atom is -0.481 e. The maximum Gasteiger partial charge on any atom is 0.315 e. The molecule has 0 spiro atoms. The monoisotopic (exact) mass is 314 g/mol. The number of nitrogens with one attached hydrogen (secondary N) is 2. The van der Waals surface area contributed by atoms with Gasteiger partial charge in [0, 0.05) is 19.0 Å². The number of carbonyl (C=O) groups excluding carboxylic acids is 2. The van der Waals surface area contributed by atoms with Crippen LogP contribution in [0, 0.1) is 11.8 Å². The Balaban J connectivity index is 2.18. The van der Waals surface area contributed by atoms with Gasteiger partial charge in [0.15, 0.2) is 0 Å². The van der Waals surface area contributed by atoms with Crippen LogP contribution in [0.2, 0.25) is 0 Å². The van der Waals surface area contributed by atoms with E-state index < -0.39 is 5.97 Å². The van der Waals surface area contributed by atoms with Crippen LogP contribution in [0.4, 0.5) is 4.79 Å². The first-order valence-electron chi connectivity index (χ1n) is 7.85. The third-order valence-corrected chi connectivity index (χ3v) is 3.84. The Morgan fingerprint density at radius 2 is 1.86 bits per heavy atom. The van der Waals surface area contributed by atoms with Gasteiger partial charge in [0.1, 0.15) is 0 Å². The lowest BCUT2D eigenvalue weighted by Gasteiger charge is -2.27. The molecule has 126 valence electrons. The summed E-state index contributed by atoms with van der Waals surface area (Å²) >= 11 is 0. The zero-order valence-corrected chi connectivity index (χ0v) is 13.3. The van der Waals surface area contributed by atoms with Crippen molar-refractivity contribution in [3.8, 4) is 0 Å². The Hall–Kier alpha value is -1.79. The zero-order chi connectivity index (χ0) is 16.5. The van der Waals surface area contributed by atoms with Gasteiger partial charge in [0.25, 0.3) is 0 Å². The van der Waals surface area contributed by atoms with Crippen molar-refractivity contribution >= 4 is 18.0 Å². The molecule has 1 saturated carbocycles. The number of urea groups is 1. The molecule has 7 nitrogen and oxygen atoms in total. The Bertz CT molecular complexity index is 391. The van der Waals surface area contributed by atoms with Crippen molar-refractivity contribution in [3.63, 3.8) is 0 Å². The Kier molecular flexibility index (Phi) is 7.70. The van der Waals surface area contributed by atoms with E-state index in [1.807, 2.05) is 6.92 Å². The average molecular weight is 314 g/mol. The molecule has 0 heterocycles. The van der Waals surface area contributed by atoms with Gasteiger partial charge in [-0.3, -0.25) is 9.59 Å². The first kappa shape index (κ1) is 18.3. The number of carbonyl (C=O) groups is 3. The standard InChI is InChI=1S/C15H26N2O5/c1-3-22-13(18)8-10(2)9-16-15(21)17-12-6-4-11(5-7-12)14(19)20/h10-12H,3-9H2,1-2H3,(H,19,20)(H2,16,17,21). The summed E-state index contributed by atoms with van der Waals surface area (Å²) in [6.07, 6.45) is 2.84. The number of esters is 1. The molecule has 7 heteroatoms. The molecule has 1 aliphatic rings. The van der Waals surface area contributed by atoms with Crippen LogP contribution in [0.5, 0.6) is 0 Å². The maximum absolute atomic E-state index is 11.8. The van der Waals surface area contributed by atoms with Crippen LogP contribution in [0.25, 0.3) is 0 Å². The number of ether oxygens (including phenoxy) is 1. The maximum atomic E-state index is 11.8. The highest BCUT2D eigenvalue weighted by molar-refractivity contribution is 5.74. The van der Waals surface area contributed by atoms with Crippen molar-refractivity contribution in [2.75, 3.05) is 13.2 Å². The fourth-order valence-corrected chi connectivity index (χ4v) is 2.56. The van der Waals surface area contributed by atoms with Gasteiger partial charge in [-0.05, 0) is 38.5 Å². The summed E-state index contributed by atoms with van der Waals surface area (Å²) in [7, 11) is 0. The van der Waals surface area contributed by atoms with Gasteiger partial charge in [-0.25, -0.2) is 4.79 Å². The van der Waals surface area contributed by atoms with Crippen LogP contribution >= 0.6 is 0 Å². The van der Waals surface area contributed by atoms with Crippen molar-refractivity contribution in [1.82, 2.24) is 10.6 Å². The molecule has 22 heavy (non-hydrogen) atoms. The largest absolute Gasteiger partial charge is 0.481 e. The van der Waals surface area contributed by atoms with Crippen molar-refractivity contribution in [3.05, 3.63) is 0 Å². The molecule has 1 rings (SSSR count). The Morgan fingerprint density at radius 3 is 2.41 bits per heavy atom. The van der Waals surface area contributed by atoms with Gasteiger partial charge in [-0.1, -0.05) is 6.92 Å². The number of amides is 2. The van der Waals surface area contributed by atoms with E-state index in [2.05, 4.69) is 10.6 Å². The Labute approximate surface area is 130 Å². The molecule has 0 radical (unpaired) electrons. The second-order valence-electron chi connectivity index (χ2n) is 5.86. The molecule has 1 atom stereocenters. The fourth-order valence-electron chi connectivity index (χ4n) is 2.56. The fraction of sp³-hybridized carbons (Fsp3) is 0.800. The van der Waals surface area contributed by atoms with Crippen LogP contribution in [0.15, 0.2) is 0 Å². The van der Waals surface area contributed by atoms with Crippen molar-refractivity contribution in [1.29, 1.82) is 0 Å². The number of hydrogen-bond acceptors (Lipinski definition) is 4. The van der Waals surface area contributed by atoms with Crippen LogP contribution in [-0.4, -0.2) is 42.3 Å². The molecular formula is C15H26N2O5. The first-order chi connectivity index (χ1) is 10.4. The van der Waals surface area contributed by atoms with E-state index in [1.54, 1.807) is 6.92 Å². The topological polar surface area (TPSA) is 105 Å². The highest BCUT2D eigenvalue weighted by Crippen LogP contribution is 2.24. The average Bonchev–Trinajstić information content (AvgIpc) is 2.46. The number of rotatable bonds is 7. The summed E-state index contributed by atoms with van der Waals surface area (Å²) < 4.78 is 4.85. The predicted octanol–water partition coefficient (Wildman–Crippen LogP) is 1.52. The van der Waals surface area contributed by atoms with Crippen molar-refractivity contribution in [2.45, 2.75) is 52.0 Å². The van der Waals surface area contributed by atoms with E-state index in [0.29, 0.717) is 38.8 Å². The highest BCUT2D eigenvalue weighted by Gasteiger charge is 2.26. The molecule has 0 aromatic rings. The molecule has 0 aliphatic heterocycles. The van der Waals surface area contributed by atoms with E-state index in [0.717, 1.165) is 0 Å². The smallest absolute Gasteiger partial charge is 0.315 e. The van der Waals surface area contributed by atoms with Crippen molar-refractivity contribution < 1.29 is 24.2 Å². The molecular weight excluding hydrogens is 288 g/mol. The molecule has 1 fully saturated rings. The number of carboxylic acids is 1. The third-order valence-electron chi connectivity index (χ3n) is 3.84. The van der Waals surface area contributed by atoms with Gasteiger partial charge >= 0.3 is 18.0 Å². The summed E-state index contributed by atoms with van der Waals surface area (Å²) in [6.45, 7) is 4.39. The van der Waals surface area contributed by atoms with Crippen LogP contribution in [-0.2, 0) is 14.3 Å². The molecule has 1 aliphatic carbocycles. The third kappa shape index (κ3) is 6.78. The van der Waals surface area contributed by atoms with E-state index in [9.17, 15) is 14.4 Å². The van der Waals surface area contributed by atoms with Crippen LogP contribution in [0.3, 0.4) is 0 Å². The Morgan fingerprint density at radius 1 is 1.23 bits per heavy atom. The lowest BCUT2D eigenvalue weighted by Crippen LogP contribution is -2.45. The minimum absolute atomic E-state index is 0.00699. The number of carboxylic acid groups (broad SMARTS) is 1. The SMILES string of the molecule is CCOC(=O)CC(C)CNC(=O)NC1CCC(C(=O)O)CC1. The second kappa shape index (κ2) is 9.27. The molecule has 0 saturated heterocycles. The molecule has 3 N–H and O–H groups in total. The zero-order valence-electron chi connectivity index (χ0n) is 13.3. The molecule has 0 aromatic carbocycles. The summed E-state index contributed by atoms with van der Waals surface area (Å²) in [5.41, 5.74) is 0. The number of aliphatic carboxylic acids is 1.